The molecule has 4 rings (SSSR count). The van der Waals surface area contributed by atoms with E-state index in [0.717, 1.165) is 55.2 Å². The van der Waals surface area contributed by atoms with Crippen LogP contribution in [0.3, 0.4) is 0 Å². The van der Waals surface area contributed by atoms with E-state index in [1.165, 1.54) is 5.56 Å². The molecule has 0 spiro atoms. The number of likely N-dealkylation sites (tertiary alicyclic amines) is 1. The number of benzene rings is 1. The van der Waals surface area contributed by atoms with Crippen molar-refractivity contribution in [3.05, 3.63) is 77.5 Å². The average Bonchev–Trinajstić information content (AvgIpc) is 3.18. The number of carbonyl (C=O) groups is 1. The Balaban J connectivity index is 1.49. The van der Waals surface area contributed by atoms with Crippen molar-refractivity contribution in [2.24, 2.45) is 0 Å². The van der Waals surface area contributed by atoms with Crippen LogP contribution in [0.25, 0.3) is 0 Å². The fourth-order valence-corrected chi connectivity index (χ4v) is 4.12. The lowest BCUT2D eigenvalue weighted by Gasteiger charge is -2.33. The highest BCUT2D eigenvalue weighted by atomic mass is 16.2. The van der Waals surface area contributed by atoms with Crippen LogP contribution >= 0.6 is 0 Å². The molecule has 0 aliphatic carbocycles. The van der Waals surface area contributed by atoms with Gasteiger partial charge in [-0.2, -0.15) is 0 Å². The van der Waals surface area contributed by atoms with Gasteiger partial charge in [-0.3, -0.25) is 4.79 Å². The molecule has 6 nitrogen and oxygen atoms in total. The zero-order chi connectivity index (χ0) is 21.1. The molecule has 1 amide bonds. The summed E-state index contributed by atoms with van der Waals surface area (Å²) in [5, 5.41) is 0. The number of rotatable bonds is 5. The van der Waals surface area contributed by atoms with Crippen LogP contribution in [0.4, 0.5) is 5.82 Å². The molecular weight excluding hydrogens is 374 g/mol. The lowest BCUT2D eigenvalue weighted by atomic mass is 9.90. The largest absolute Gasteiger partial charge is 0.363 e. The summed E-state index contributed by atoms with van der Waals surface area (Å²) in [6, 6.07) is 12.2. The number of anilines is 1. The summed E-state index contributed by atoms with van der Waals surface area (Å²) in [6.07, 6.45) is 7.76. The van der Waals surface area contributed by atoms with Gasteiger partial charge in [-0.25, -0.2) is 9.97 Å². The second-order valence-corrected chi connectivity index (χ2v) is 8.23. The first-order chi connectivity index (χ1) is 14.5. The van der Waals surface area contributed by atoms with Crippen LogP contribution in [0.15, 0.2) is 55.0 Å². The molecule has 1 aliphatic heterocycles. The van der Waals surface area contributed by atoms with Crippen molar-refractivity contribution in [3.8, 4) is 0 Å². The number of piperidine rings is 1. The SMILES string of the molecule is Cc1nccn1Cc1cccc(C(=O)N2CCC[C@H](c3ccnc(N(C)C)c3)C2)c1. The summed E-state index contributed by atoms with van der Waals surface area (Å²) in [4.78, 5) is 26.0. The normalized spacial score (nSPS) is 16.5. The third-order valence-corrected chi connectivity index (χ3v) is 5.86. The van der Waals surface area contributed by atoms with Gasteiger partial charge in [-0.15, -0.1) is 0 Å². The predicted molar refractivity (Wildman–Crippen MR) is 119 cm³/mol. The topological polar surface area (TPSA) is 54.3 Å². The Morgan fingerprint density at radius 3 is 2.80 bits per heavy atom. The summed E-state index contributed by atoms with van der Waals surface area (Å²) in [5.41, 5.74) is 3.13. The molecule has 3 aromatic rings. The fraction of sp³-hybridized carbons (Fsp3) is 0.375. The minimum absolute atomic E-state index is 0.116. The molecule has 0 saturated carbocycles. The Hall–Kier alpha value is -3.15. The first-order valence-corrected chi connectivity index (χ1v) is 10.5. The first kappa shape index (κ1) is 20.1. The predicted octanol–water partition coefficient (Wildman–Crippen LogP) is 3.72. The standard InChI is InChI=1S/C24H29N5O/c1-18-25-11-13-28(18)16-19-6-4-7-21(14-19)24(30)29-12-5-8-22(17-29)20-9-10-26-23(15-20)27(2)3/h4,6-7,9-11,13-15,22H,5,8,12,16-17H2,1-3H3/t22-/m0/s1. The Labute approximate surface area is 178 Å². The molecule has 0 radical (unpaired) electrons. The third kappa shape index (κ3) is 4.37. The number of aromatic nitrogens is 3. The first-order valence-electron chi connectivity index (χ1n) is 10.5. The van der Waals surface area contributed by atoms with E-state index in [1.54, 1.807) is 6.20 Å². The van der Waals surface area contributed by atoms with Gasteiger partial charge >= 0.3 is 0 Å². The zero-order valence-electron chi connectivity index (χ0n) is 18.0. The van der Waals surface area contributed by atoms with Crippen LogP contribution in [0.2, 0.25) is 0 Å². The van der Waals surface area contributed by atoms with Gasteiger partial charge in [0.2, 0.25) is 0 Å². The highest BCUT2D eigenvalue weighted by molar-refractivity contribution is 5.94. The van der Waals surface area contributed by atoms with Gasteiger partial charge in [0.15, 0.2) is 0 Å². The van der Waals surface area contributed by atoms with Gasteiger partial charge in [0.25, 0.3) is 5.91 Å². The number of aryl methyl sites for hydroxylation is 1. The van der Waals surface area contributed by atoms with Crippen molar-refractivity contribution in [2.45, 2.75) is 32.2 Å². The molecule has 1 fully saturated rings. The van der Waals surface area contributed by atoms with Crippen molar-refractivity contribution in [1.82, 2.24) is 19.4 Å². The highest BCUT2D eigenvalue weighted by Gasteiger charge is 2.26. The highest BCUT2D eigenvalue weighted by Crippen LogP contribution is 2.29. The number of carbonyl (C=O) groups excluding carboxylic acids is 1. The summed E-state index contributed by atoms with van der Waals surface area (Å²) < 4.78 is 2.09. The zero-order valence-corrected chi connectivity index (χ0v) is 18.0. The Morgan fingerprint density at radius 2 is 2.03 bits per heavy atom. The van der Waals surface area contributed by atoms with Crippen molar-refractivity contribution in [2.75, 3.05) is 32.1 Å². The van der Waals surface area contributed by atoms with E-state index in [4.69, 9.17) is 0 Å². The summed E-state index contributed by atoms with van der Waals surface area (Å²) in [5.74, 6) is 2.39. The minimum atomic E-state index is 0.116. The smallest absolute Gasteiger partial charge is 0.253 e. The quantitative estimate of drug-likeness (QED) is 0.652. The molecule has 1 atom stereocenters. The number of nitrogens with zero attached hydrogens (tertiary/aromatic N) is 5. The van der Waals surface area contributed by atoms with Crippen molar-refractivity contribution in [3.63, 3.8) is 0 Å². The van der Waals surface area contributed by atoms with Gasteiger partial charge in [-0.1, -0.05) is 12.1 Å². The van der Waals surface area contributed by atoms with E-state index in [-0.39, 0.29) is 5.91 Å². The molecule has 156 valence electrons. The second kappa shape index (κ2) is 8.69. The third-order valence-electron chi connectivity index (χ3n) is 5.86. The lowest BCUT2D eigenvalue weighted by Crippen LogP contribution is -2.39. The number of amides is 1. The number of hydrogen-bond donors (Lipinski definition) is 0. The fourth-order valence-electron chi connectivity index (χ4n) is 4.12. The van der Waals surface area contributed by atoms with Crippen molar-refractivity contribution >= 4 is 11.7 Å². The Kier molecular flexibility index (Phi) is 5.84. The maximum absolute atomic E-state index is 13.3. The van der Waals surface area contributed by atoms with Crippen LogP contribution in [0, 0.1) is 6.92 Å². The number of hydrogen-bond acceptors (Lipinski definition) is 4. The van der Waals surface area contributed by atoms with Gasteiger partial charge in [0, 0.05) is 63.8 Å². The molecule has 2 aromatic heterocycles. The van der Waals surface area contributed by atoms with Crippen LogP contribution in [-0.2, 0) is 6.54 Å². The lowest BCUT2D eigenvalue weighted by molar-refractivity contribution is 0.0707. The molecule has 6 heteroatoms. The molecular formula is C24H29N5O. The van der Waals surface area contributed by atoms with E-state index in [2.05, 4.69) is 32.7 Å². The second-order valence-electron chi connectivity index (χ2n) is 8.23. The van der Waals surface area contributed by atoms with Crippen LogP contribution in [0.5, 0.6) is 0 Å². The van der Waals surface area contributed by atoms with E-state index in [0.29, 0.717) is 5.92 Å². The van der Waals surface area contributed by atoms with E-state index >= 15 is 0 Å². The summed E-state index contributed by atoms with van der Waals surface area (Å²) in [6.45, 7) is 4.27. The molecule has 3 heterocycles. The van der Waals surface area contributed by atoms with E-state index in [9.17, 15) is 4.79 Å². The Bertz CT molecular complexity index is 1030. The number of pyridine rings is 1. The van der Waals surface area contributed by atoms with Crippen LogP contribution in [0.1, 0.15) is 46.1 Å². The summed E-state index contributed by atoms with van der Waals surface area (Å²) in [7, 11) is 4.00. The van der Waals surface area contributed by atoms with Crippen molar-refractivity contribution in [1.29, 1.82) is 0 Å². The maximum atomic E-state index is 13.3. The molecule has 0 unspecified atom stereocenters. The van der Waals surface area contributed by atoms with E-state index < -0.39 is 0 Å². The van der Waals surface area contributed by atoms with E-state index in [1.807, 2.05) is 61.4 Å². The molecule has 1 saturated heterocycles. The van der Waals surface area contributed by atoms with Crippen LogP contribution in [-0.4, -0.2) is 52.5 Å². The maximum Gasteiger partial charge on any atom is 0.253 e. The van der Waals surface area contributed by atoms with Gasteiger partial charge < -0.3 is 14.4 Å². The molecule has 0 N–H and O–H groups in total. The van der Waals surface area contributed by atoms with Gasteiger partial charge in [0.05, 0.1) is 0 Å². The number of imidazole rings is 1. The van der Waals surface area contributed by atoms with Gasteiger partial charge in [-0.05, 0) is 55.2 Å². The Morgan fingerprint density at radius 1 is 1.17 bits per heavy atom. The molecule has 1 aromatic carbocycles. The van der Waals surface area contributed by atoms with Crippen LogP contribution < -0.4 is 4.90 Å². The van der Waals surface area contributed by atoms with Gasteiger partial charge in [0.1, 0.15) is 11.6 Å². The summed E-state index contributed by atoms with van der Waals surface area (Å²) >= 11 is 0. The average molecular weight is 404 g/mol. The van der Waals surface area contributed by atoms with Crippen molar-refractivity contribution < 1.29 is 4.79 Å². The minimum Gasteiger partial charge on any atom is -0.363 e. The monoisotopic (exact) mass is 403 g/mol. The molecule has 1 aliphatic rings. The molecule has 0 bridgehead atoms. The molecule has 30 heavy (non-hydrogen) atoms.